The summed E-state index contributed by atoms with van der Waals surface area (Å²) in [6.45, 7) is 4.40. The van der Waals surface area contributed by atoms with Crippen LogP contribution < -0.4 is 9.64 Å². The van der Waals surface area contributed by atoms with Crippen LogP contribution in [0.15, 0.2) is 71.8 Å². The van der Waals surface area contributed by atoms with Crippen LogP contribution in [0.2, 0.25) is 0 Å². The predicted molar refractivity (Wildman–Crippen MR) is 182 cm³/mol. The number of ether oxygens (including phenoxy) is 1. The van der Waals surface area contributed by atoms with Crippen molar-refractivity contribution in [2.45, 2.75) is 52.0 Å². The van der Waals surface area contributed by atoms with Crippen LogP contribution in [-0.2, 0) is 9.59 Å². The highest BCUT2D eigenvalue weighted by atomic mass is 32.1. The molecule has 1 aliphatic heterocycles. The molecule has 0 fully saturated rings. The average molecular weight is 650 g/mol. The van der Waals surface area contributed by atoms with Crippen molar-refractivity contribution >= 4 is 58.1 Å². The molecule has 0 saturated carbocycles. The molecule has 10 heteroatoms. The van der Waals surface area contributed by atoms with E-state index in [9.17, 15) is 19.8 Å². The van der Waals surface area contributed by atoms with Crippen LogP contribution in [0.3, 0.4) is 0 Å². The third kappa shape index (κ3) is 6.89. The number of anilines is 2. The molecule has 5 rings (SSSR count). The van der Waals surface area contributed by atoms with Crippen molar-refractivity contribution in [2.75, 3.05) is 4.90 Å². The number of unbranched alkanes of at least 4 members (excludes halogenated alkanes) is 2. The van der Waals surface area contributed by atoms with Crippen molar-refractivity contribution in [1.29, 1.82) is 10.5 Å². The van der Waals surface area contributed by atoms with Crippen LogP contribution in [0, 0.1) is 22.7 Å². The van der Waals surface area contributed by atoms with E-state index in [2.05, 4.69) is 30.9 Å². The van der Waals surface area contributed by atoms with Gasteiger partial charge < -0.3 is 19.8 Å². The van der Waals surface area contributed by atoms with Gasteiger partial charge in [-0.3, -0.25) is 0 Å². The number of hydrogen-bond donors (Lipinski definition) is 2. The van der Waals surface area contributed by atoms with Crippen molar-refractivity contribution in [3.8, 4) is 44.5 Å². The second kappa shape index (κ2) is 14.3. The van der Waals surface area contributed by atoms with Crippen LogP contribution >= 0.6 is 22.7 Å². The second-order valence-corrected chi connectivity index (χ2v) is 13.0. The van der Waals surface area contributed by atoms with Gasteiger partial charge in [0.05, 0.1) is 11.4 Å². The summed E-state index contributed by atoms with van der Waals surface area (Å²) >= 11 is 2.80. The molecule has 0 radical (unpaired) electrons. The molecular weight excluding hydrogens is 619 g/mol. The van der Waals surface area contributed by atoms with Gasteiger partial charge in [-0.2, -0.15) is 10.5 Å². The van der Waals surface area contributed by atoms with Gasteiger partial charge >= 0.3 is 11.9 Å². The first-order valence-electron chi connectivity index (χ1n) is 14.9. The average Bonchev–Trinajstić information content (AvgIpc) is 3.73. The molecule has 3 heterocycles. The molecule has 4 aromatic rings. The van der Waals surface area contributed by atoms with E-state index in [1.807, 2.05) is 36.4 Å². The molecule has 46 heavy (non-hydrogen) atoms. The lowest BCUT2D eigenvalue weighted by Crippen LogP contribution is -2.32. The summed E-state index contributed by atoms with van der Waals surface area (Å²) in [4.78, 5) is 28.2. The minimum Gasteiger partial charge on any atom is -0.477 e. The van der Waals surface area contributed by atoms with Gasteiger partial charge in [0, 0.05) is 25.6 Å². The van der Waals surface area contributed by atoms with E-state index in [1.165, 1.54) is 34.8 Å². The van der Waals surface area contributed by atoms with E-state index in [-0.39, 0.29) is 17.2 Å². The number of nitrogens with zero attached hydrogens (tertiary/aromatic N) is 3. The zero-order valence-corrected chi connectivity index (χ0v) is 27.0. The third-order valence-electron chi connectivity index (χ3n) is 7.73. The van der Waals surface area contributed by atoms with Crippen LogP contribution in [0.1, 0.15) is 55.7 Å². The van der Waals surface area contributed by atoms with Crippen LogP contribution in [-0.4, -0.2) is 28.2 Å². The molecule has 0 spiro atoms. The van der Waals surface area contributed by atoms with Crippen molar-refractivity contribution < 1.29 is 24.5 Å². The Balaban J connectivity index is 1.54. The fraction of sp³-hybridized carbons (Fsp3) is 0.222. The zero-order chi connectivity index (χ0) is 32.8. The first-order chi connectivity index (χ1) is 22.3. The van der Waals surface area contributed by atoms with Gasteiger partial charge in [0.15, 0.2) is 11.5 Å². The Bertz CT molecular complexity index is 1810. The van der Waals surface area contributed by atoms with E-state index >= 15 is 0 Å². The Morgan fingerprint density at radius 2 is 1.30 bits per heavy atom. The van der Waals surface area contributed by atoms with Crippen LogP contribution in [0.4, 0.5) is 11.4 Å². The smallest absolute Gasteiger partial charge is 0.346 e. The quantitative estimate of drug-likeness (QED) is 0.0880. The molecule has 1 aliphatic rings. The summed E-state index contributed by atoms with van der Waals surface area (Å²) in [7, 11) is 0. The van der Waals surface area contributed by atoms with Crippen molar-refractivity contribution in [3.05, 3.63) is 81.6 Å². The maximum absolute atomic E-state index is 11.3. The summed E-state index contributed by atoms with van der Waals surface area (Å²) in [5, 5.41) is 36.8. The maximum atomic E-state index is 11.3. The molecule has 0 saturated heterocycles. The van der Waals surface area contributed by atoms with Gasteiger partial charge in [-0.25, -0.2) is 9.59 Å². The Kier molecular flexibility index (Phi) is 10.0. The normalized spacial score (nSPS) is 13.2. The number of carbonyl (C=O) groups is 2. The number of benzene rings is 2. The summed E-state index contributed by atoms with van der Waals surface area (Å²) in [6, 6.07) is 23.4. The van der Waals surface area contributed by atoms with Gasteiger partial charge in [-0.05, 0) is 84.7 Å². The first kappa shape index (κ1) is 32.2. The second-order valence-electron chi connectivity index (χ2n) is 10.7. The third-order valence-corrected chi connectivity index (χ3v) is 9.90. The highest BCUT2D eigenvalue weighted by Crippen LogP contribution is 2.51. The van der Waals surface area contributed by atoms with E-state index in [1.54, 1.807) is 24.3 Å². The first-order valence-corrected chi connectivity index (χ1v) is 16.5. The molecule has 2 aromatic heterocycles. The fourth-order valence-corrected chi connectivity index (χ4v) is 7.32. The van der Waals surface area contributed by atoms with Crippen LogP contribution in [0.5, 0.6) is 11.5 Å². The number of hydrogen-bond acceptors (Lipinski definition) is 8. The number of nitriles is 2. The number of thiophene rings is 2. The highest BCUT2D eigenvalue weighted by Gasteiger charge is 2.30. The minimum absolute atomic E-state index is 0.252. The number of carboxylic acid groups (broad SMARTS) is 2. The lowest BCUT2D eigenvalue weighted by atomic mass is 9.99. The molecular formula is C36H31N3O5S2. The lowest BCUT2D eigenvalue weighted by Gasteiger charge is -2.39. The fourth-order valence-electron chi connectivity index (χ4n) is 5.42. The summed E-state index contributed by atoms with van der Waals surface area (Å²) in [6.07, 6.45) is 8.15. The number of carboxylic acids is 2. The van der Waals surface area contributed by atoms with Crippen molar-refractivity contribution in [2.24, 2.45) is 0 Å². The molecule has 2 N–H and O–H groups in total. The highest BCUT2D eigenvalue weighted by molar-refractivity contribution is 7.16. The molecule has 0 aliphatic carbocycles. The van der Waals surface area contributed by atoms with Gasteiger partial charge in [-0.15, -0.1) is 22.7 Å². The summed E-state index contributed by atoms with van der Waals surface area (Å²) in [5.41, 5.74) is 3.14. The van der Waals surface area contributed by atoms with Gasteiger partial charge in [0.2, 0.25) is 0 Å². The molecule has 2 aromatic carbocycles. The molecule has 1 atom stereocenters. The zero-order valence-electron chi connectivity index (χ0n) is 25.3. The van der Waals surface area contributed by atoms with E-state index < -0.39 is 11.9 Å². The molecule has 0 amide bonds. The summed E-state index contributed by atoms with van der Waals surface area (Å²) in [5.74, 6) is -1.10. The van der Waals surface area contributed by atoms with Gasteiger partial charge in [0.1, 0.15) is 23.3 Å². The van der Waals surface area contributed by atoms with Gasteiger partial charge in [0.25, 0.3) is 0 Å². The monoisotopic (exact) mass is 649 g/mol. The number of rotatable bonds is 12. The van der Waals surface area contributed by atoms with E-state index in [0.717, 1.165) is 64.4 Å². The number of fused-ring (bicyclic) bond motifs is 2. The van der Waals surface area contributed by atoms with Crippen molar-refractivity contribution in [1.82, 2.24) is 0 Å². The summed E-state index contributed by atoms with van der Waals surface area (Å²) < 4.78 is 6.59. The lowest BCUT2D eigenvalue weighted by molar-refractivity contribution is -0.133. The van der Waals surface area contributed by atoms with E-state index in [4.69, 9.17) is 15.3 Å². The molecule has 1 unspecified atom stereocenters. The minimum atomic E-state index is -1.26. The van der Waals surface area contributed by atoms with E-state index in [0.29, 0.717) is 21.3 Å². The predicted octanol–water partition coefficient (Wildman–Crippen LogP) is 9.73. The Morgan fingerprint density at radius 1 is 0.804 bits per heavy atom. The van der Waals surface area contributed by atoms with Gasteiger partial charge in [-0.1, -0.05) is 45.2 Å². The Hall–Kier alpha value is -5.16. The standard InChI is InChI=1S/C36H31N3O5S2/c1-3-5-6-7-26(4-2)39-29-12-8-22(33-14-10-27(45-33)16-24(20-37)35(40)41)18-31(29)44-32-19-23(9-13-30(32)39)34-15-11-28(46-34)17-25(21-38)36(42)43/h8-19,26H,3-7H2,1-2H3,(H,40,41)(H,42,43)/b24-16-,25-17-. The Labute approximate surface area is 275 Å². The topological polar surface area (TPSA) is 135 Å². The number of aliphatic carboxylic acids is 2. The largest absolute Gasteiger partial charge is 0.477 e. The molecule has 232 valence electrons. The van der Waals surface area contributed by atoms with Crippen LogP contribution in [0.25, 0.3) is 33.0 Å². The Morgan fingerprint density at radius 3 is 1.72 bits per heavy atom. The maximum Gasteiger partial charge on any atom is 0.346 e. The van der Waals surface area contributed by atoms with Crippen molar-refractivity contribution in [3.63, 3.8) is 0 Å². The molecule has 0 bridgehead atoms. The molecule has 8 nitrogen and oxygen atoms in total. The SMILES string of the molecule is CCCCCC(CC)N1c2ccc(-c3ccc(/C=C(/C#N)C(=O)O)s3)cc2Oc2cc(-c3ccc(/C=C(/C#N)C(=O)O)s3)ccc21.